The second-order valence-electron chi connectivity index (χ2n) is 4.59. The summed E-state index contributed by atoms with van der Waals surface area (Å²) in [4.78, 5) is 0. The molecule has 0 amide bonds. The maximum atomic E-state index is 5.96. The van der Waals surface area contributed by atoms with Crippen LogP contribution in [0.4, 0.5) is 0 Å². The molecule has 2 aromatic rings. The smallest absolute Gasteiger partial charge is 0.165 e. The molecule has 4 nitrogen and oxygen atoms in total. The van der Waals surface area contributed by atoms with Crippen molar-refractivity contribution in [3.8, 4) is 11.5 Å². The van der Waals surface area contributed by atoms with Crippen molar-refractivity contribution in [2.45, 2.75) is 25.8 Å². The van der Waals surface area contributed by atoms with Crippen LogP contribution in [0.15, 0.2) is 35.1 Å². The minimum atomic E-state index is 0.206. The fourth-order valence-corrected chi connectivity index (χ4v) is 2.29. The highest BCUT2D eigenvalue weighted by Gasteiger charge is 2.07. The molecule has 2 N–H and O–H groups in total. The maximum Gasteiger partial charge on any atom is 0.165 e. The lowest BCUT2D eigenvalue weighted by atomic mass is 10.0. The average Bonchev–Trinajstić information content (AvgIpc) is 2.78. The molecule has 1 heterocycles. The van der Waals surface area contributed by atoms with Gasteiger partial charge in [-0.05, 0) is 46.5 Å². The molecule has 0 aliphatic rings. The fraction of sp³-hybridized carbons (Fsp3) is 0.357. The molecular weight excluding hydrogens is 306 g/mol. The van der Waals surface area contributed by atoms with Crippen molar-refractivity contribution >= 4 is 15.9 Å². The van der Waals surface area contributed by atoms with E-state index in [1.807, 2.05) is 25.4 Å². The van der Waals surface area contributed by atoms with Gasteiger partial charge in [-0.25, -0.2) is 0 Å². The molecule has 0 aliphatic carbocycles. The van der Waals surface area contributed by atoms with Crippen molar-refractivity contribution in [3.63, 3.8) is 0 Å². The summed E-state index contributed by atoms with van der Waals surface area (Å²) >= 11 is 3.53. The third-order valence-electron chi connectivity index (χ3n) is 2.93. The van der Waals surface area contributed by atoms with Gasteiger partial charge in [0.05, 0.1) is 16.9 Å². The molecule has 1 atom stereocenters. The Bertz CT molecular complexity index is 553. The zero-order valence-electron chi connectivity index (χ0n) is 11.1. The molecule has 19 heavy (non-hydrogen) atoms. The zero-order valence-corrected chi connectivity index (χ0v) is 12.7. The number of aryl methyl sites for hydroxylation is 1. The van der Waals surface area contributed by atoms with E-state index >= 15 is 0 Å². The summed E-state index contributed by atoms with van der Waals surface area (Å²) in [6, 6.07) is 6.26. The first-order valence-electron chi connectivity index (χ1n) is 6.29. The first-order chi connectivity index (χ1) is 9.08. The molecule has 0 spiro atoms. The third kappa shape index (κ3) is 3.81. The van der Waals surface area contributed by atoms with E-state index < -0.39 is 0 Å². The summed E-state index contributed by atoms with van der Waals surface area (Å²) in [7, 11) is 1.86. The summed E-state index contributed by atoms with van der Waals surface area (Å²) in [6.07, 6.45) is 5.37. The molecule has 0 saturated carbocycles. The van der Waals surface area contributed by atoms with Crippen LogP contribution in [0.25, 0.3) is 0 Å². The fourth-order valence-electron chi connectivity index (χ4n) is 1.78. The highest BCUT2D eigenvalue weighted by atomic mass is 79.9. The Morgan fingerprint density at radius 1 is 1.47 bits per heavy atom. The topological polar surface area (TPSA) is 53.1 Å². The molecule has 0 aliphatic heterocycles. The lowest BCUT2D eigenvalue weighted by Crippen LogP contribution is -2.21. The number of benzene rings is 1. The Morgan fingerprint density at radius 2 is 2.26 bits per heavy atom. The number of ether oxygens (including phenoxy) is 1. The van der Waals surface area contributed by atoms with Gasteiger partial charge in [-0.1, -0.05) is 13.0 Å². The van der Waals surface area contributed by atoms with Gasteiger partial charge in [0.1, 0.15) is 5.75 Å². The van der Waals surface area contributed by atoms with Gasteiger partial charge in [-0.3, -0.25) is 4.68 Å². The molecule has 5 heteroatoms. The minimum Gasteiger partial charge on any atom is -0.453 e. The highest BCUT2D eigenvalue weighted by molar-refractivity contribution is 9.10. The Labute approximate surface area is 121 Å². The molecule has 0 bridgehead atoms. The van der Waals surface area contributed by atoms with Crippen molar-refractivity contribution in [1.82, 2.24) is 9.78 Å². The molecule has 1 aromatic carbocycles. The largest absolute Gasteiger partial charge is 0.453 e. The van der Waals surface area contributed by atoms with Gasteiger partial charge in [-0.15, -0.1) is 0 Å². The van der Waals surface area contributed by atoms with Gasteiger partial charge < -0.3 is 10.5 Å². The van der Waals surface area contributed by atoms with E-state index in [0.29, 0.717) is 0 Å². The SMILES string of the molecule is CCC(N)Cc1ccc(Oc2cnn(C)c2)c(Br)c1. The summed E-state index contributed by atoms with van der Waals surface area (Å²) in [5, 5.41) is 4.07. The number of rotatable bonds is 5. The third-order valence-corrected chi connectivity index (χ3v) is 3.55. The van der Waals surface area contributed by atoms with Crippen LogP contribution in [-0.4, -0.2) is 15.8 Å². The maximum absolute atomic E-state index is 5.96. The highest BCUT2D eigenvalue weighted by Crippen LogP contribution is 2.30. The van der Waals surface area contributed by atoms with Gasteiger partial charge in [0.25, 0.3) is 0 Å². The number of hydrogen-bond acceptors (Lipinski definition) is 3. The number of nitrogens with zero attached hydrogens (tertiary/aromatic N) is 2. The predicted octanol–water partition coefficient (Wildman–Crippen LogP) is 3.25. The molecular formula is C14H18BrN3O. The molecule has 0 radical (unpaired) electrons. The molecule has 1 unspecified atom stereocenters. The van der Waals surface area contributed by atoms with Crippen LogP contribution < -0.4 is 10.5 Å². The second kappa shape index (κ2) is 6.21. The van der Waals surface area contributed by atoms with Gasteiger partial charge in [0.2, 0.25) is 0 Å². The van der Waals surface area contributed by atoms with Gasteiger partial charge in [0, 0.05) is 13.1 Å². The van der Waals surface area contributed by atoms with Crippen LogP contribution in [0.3, 0.4) is 0 Å². The van der Waals surface area contributed by atoms with Crippen LogP contribution in [0.1, 0.15) is 18.9 Å². The van der Waals surface area contributed by atoms with Crippen LogP contribution in [0.5, 0.6) is 11.5 Å². The summed E-state index contributed by atoms with van der Waals surface area (Å²) in [5.74, 6) is 1.50. The predicted molar refractivity (Wildman–Crippen MR) is 79.4 cm³/mol. The molecule has 0 saturated heterocycles. The Morgan fingerprint density at radius 3 is 2.84 bits per heavy atom. The van der Waals surface area contributed by atoms with E-state index in [1.165, 1.54) is 5.56 Å². The standard InChI is InChI=1S/C14H18BrN3O/c1-3-11(16)6-10-4-5-14(13(15)7-10)19-12-8-17-18(2)9-12/h4-5,7-9,11H,3,6,16H2,1-2H3. The van der Waals surface area contributed by atoms with Crippen molar-refractivity contribution in [2.24, 2.45) is 12.8 Å². The summed E-state index contributed by atoms with van der Waals surface area (Å²) in [5.41, 5.74) is 7.17. The normalized spacial score (nSPS) is 12.4. The van der Waals surface area contributed by atoms with Crippen LogP contribution >= 0.6 is 15.9 Å². The summed E-state index contributed by atoms with van der Waals surface area (Å²) in [6.45, 7) is 2.10. The van der Waals surface area contributed by atoms with Crippen molar-refractivity contribution in [2.75, 3.05) is 0 Å². The zero-order chi connectivity index (χ0) is 13.8. The van der Waals surface area contributed by atoms with E-state index in [9.17, 15) is 0 Å². The van der Waals surface area contributed by atoms with Gasteiger partial charge >= 0.3 is 0 Å². The van der Waals surface area contributed by atoms with Crippen LogP contribution in [-0.2, 0) is 13.5 Å². The Kier molecular flexibility index (Phi) is 4.61. The van der Waals surface area contributed by atoms with Gasteiger partial charge in [0.15, 0.2) is 5.75 Å². The van der Waals surface area contributed by atoms with Crippen molar-refractivity contribution in [3.05, 3.63) is 40.6 Å². The van der Waals surface area contributed by atoms with Gasteiger partial charge in [-0.2, -0.15) is 5.10 Å². The first kappa shape index (κ1) is 14.1. The number of aromatic nitrogens is 2. The van der Waals surface area contributed by atoms with E-state index in [4.69, 9.17) is 10.5 Å². The quantitative estimate of drug-likeness (QED) is 0.918. The van der Waals surface area contributed by atoms with E-state index in [0.717, 1.165) is 28.8 Å². The van der Waals surface area contributed by atoms with E-state index in [1.54, 1.807) is 10.9 Å². The average molecular weight is 324 g/mol. The number of nitrogens with two attached hydrogens (primary N) is 1. The summed E-state index contributed by atoms with van der Waals surface area (Å²) < 4.78 is 8.39. The van der Waals surface area contributed by atoms with E-state index in [-0.39, 0.29) is 6.04 Å². The minimum absolute atomic E-state index is 0.206. The lowest BCUT2D eigenvalue weighted by Gasteiger charge is -2.11. The number of halogens is 1. The van der Waals surface area contributed by atoms with Crippen molar-refractivity contribution in [1.29, 1.82) is 0 Å². The Balaban J connectivity index is 2.10. The van der Waals surface area contributed by atoms with Crippen molar-refractivity contribution < 1.29 is 4.74 Å². The second-order valence-corrected chi connectivity index (χ2v) is 5.44. The van der Waals surface area contributed by atoms with Crippen LogP contribution in [0.2, 0.25) is 0 Å². The lowest BCUT2D eigenvalue weighted by molar-refractivity contribution is 0.478. The molecule has 1 aromatic heterocycles. The van der Waals surface area contributed by atoms with E-state index in [2.05, 4.69) is 34.0 Å². The van der Waals surface area contributed by atoms with Crippen LogP contribution in [0, 0.1) is 0 Å². The molecule has 2 rings (SSSR count). The first-order valence-corrected chi connectivity index (χ1v) is 7.08. The molecule has 102 valence electrons. The Hall–Kier alpha value is -1.33. The monoisotopic (exact) mass is 323 g/mol. The molecule has 0 fully saturated rings. The number of hydrogen-bond donors (Lipinski definition) is 1.